The molecule has 4 heteroatoms. The second-order valence-corrected chi connectivity index (χ2v) is 4.67. The number of hydrogen-bond acceptors (Lipinski definition) is 3. The Morgan fingerprint density at radius 1 is 1.56 bits per heavy atom. The highest BCUT2D eigenvalue weighted by Gasteiger charge is 2.08. The van der Waals surface area contributed by atoms with Crippen LogP contribution in [0.4, 0.5) is 0 Å². The van der Waals surface area contributed by atoms with E-state index in [2.05, 4.69) is 34.7 Å². The molecular formula is C12H24N4. The predicted octanol–water partition coefficient (Wildman–Crippen LogP) is 1.38. The second-order valence-electron chi connectivity index (χ2n) is 4.67. The van der Waals surface area contributed by atoms with Crippen molar-refractivity contribution in [2.24, 2.45) is 5.73 Å². The highest BCUT2D eigenvalue weighted by atomic mass is 15.3. The molecule has 4 nitrogen and oxygen atoms in total. The summed E-state index contributed by atoms with van der Waals surface area (Å²) in [6.07, 6.45) is 1.12. The molecule has 0 saturated carbocycles. The molecule has 0 unspecified atom stereocenters. The minimum atomic E-state index is 0.216. The van der Waals surface area contributed by atoms with Crippen LogP contribution in [0.1, 0.15) is 31.7 Å². The summed E-state index contributed by atoms with van der Waals surface area (Å²) in [5.41, 5.74) is 8.16. The van der Waals surface area contributed by atoms with Gasteiger partial charge in [0.05, 0.1) is 11.4 Å². The Balaban J connectivity index is 2.64. The molecule has 0 aliphatic carbocycles. The van der Waals surface area contributed by atoms with Crippen LogP contribution in [0.25, 0.3) is 0 Å². The first kappa shape index (κ1) is 13.2. The molecule has 2 N–H and O–H groups in total. The Bertz CT molecular complexity index is 317. The number of nitrogens with zero attached hydrogens (tertiary/aromatic N) is 3. The quantitative estimate of drug-likeness (QED) is 0.794. The van der Waals surface area contributed by atoms with Gasteiger partial charge in [0.1, 0.15) is 0 Å². The van der Waals surface area contributed by atoms with Crippen LogP contribution in [-0.2, 0) is 13.1 Å². The lowest BCUT2D eigenvalue weighted by Crippen LogP contribution is -2.33. The van der Waals surface area contributed by atoms with Gasteiger partial charge in [-0.2, -0.15) is 5.10 Å². The summed E-state index contributed by atoms with van der Waals surface area (Å²) < 4.78 is 2.10. The molecule has 1 heterocycles. The highest BCUT2D eigenvalue weighted by Crippen LogP contribution is 2.07. The van der Waals surface area contributed by atoms with Crippen LogP contribution in [-0.4, -0.2) is 34.3 Å². The Labute approximate surface area is 98.4 Å². The van der Waals surface area contributed by atoms with E-state index in [-0.39, 0.29) is 6.04 Å². The van der Waals surface area contributed by atoms with Crippen molar-refractivity contribution in [1.29, 1.82) is 0 Å². The molecule has 0 aliphatic rings. The lowest BCUT2D eigenvalue weighted by molar-refractivity contribution is 0.299. The maximum Gasteiger partial charge on any atom is 0.0597 e. The van der Waals surface area contributed by atoms with E-state index in [0.29, 0.717) is 0 Å². The Morgan fingerprint density at radius 3 is 2.81 bits per heavy atom. The predicted molar refractivity (Wildman–Crippen MR) is 67.2 cm³/mol. The van der Waals surface area contributed by atoms with Crippen molar-refractivity contribution in [2.75, 3.05) is 13.6 Å². The van der Waals surface area contributed by atoms with Crippen LogP contribution in [0, 0.1) is 6.92 Å². The van der Waals surface area contributed by atoms with E-state index in [1.807, 2.05) is 13.8 Å². The summed E-state index contributed by atoms with van der Waals surface area (Å²) in [4.78, 5) is 2.24. The topological polar surface area (TPSA) is 47.1 Å². The Kier molecular flexibility index (Phi) is 4.96. The van der Waals surface area contributed by atoms with Crippen LogP contribution in [0.3, 0.4) is 0 Å². The van der Waals surface area contributed by atoms with Gasteiger partial charge in [-0.1, -0.05) is 6.92 Å². The number of aryl methyl sites for hydroxylation is 2. The molecule has 0 saturated heterocycles. The molecule has 1 atom stereocenters. The van der Waals surface area contributed by atoms with Crippen molar-refractivity contribution in [1.82, 2.24) is 14.7 Å². The molecule has 0 aliphatic heterocycles. The fraction of sp³-hybridized carbons (Fsp3) is 0.750. The molecule has 1 aromatic heterocycles. The van der Waals surface area contributed by atoms with Crippen LogP contribution < -0.4 is 5.73 Å². The van der Waals surface area contributed by atoms with Crippen LogP contribution in [0.2, 0.25) is 0 Å². The molecule has 0 radical (unpaired) electrons. The summed E-state index contributed by atoms with van der Waals surface area (Å²) in [6, 6.07) is 2.38. The molecule has 1 rings (SSSR count). The van der Waals surface area contributed by atoms with E-state index in [1.54, 1.807) is 0 Å². The normalized spacial score (nSPS) is 13.4. The molecule has 1 aromatic rings. The minimum absolute atomic E-state index is 0.216. The van der Waals surface area contributed by atoms with Crippen molar-refractivity contribution >= 4 is 0 Å². The SMILES string of the molecule is CCCn1nc(C)cc1CN(C)C[C@H](C)N. The molecule has 92 valence electrons. The van der Waals surface area contributed by atoms with Gasteiger partial charge in [-0.05, 0) is 33.4 Å². The molecule has 0 aromatic carbocycles. The van der Waals surface area contributed by atoms with E-state index >= 15 is 0 Å². The van der Waals surface area contributed by atoms with Crippen molar-refractivity contribution in [3.63, 3.8) is 0 Å². The smallest absolute Gasteiger partial charge is 0.0597 e. The second kappa shape index (κ2) is 6.01. The maximum atomic E-state index is 5.78. The molecule has 0 amide bonds. The van der Waals surface area contributed by atoms with E-state index in [0.717, 1.165) is 31.7 Å². The Hall–Kier alpha value is -0.870. The molecular weight excluding hydrogens is 200 g/mol. The molecule has 16 heavy (non-hydrogen) atoms. The van der Waals surface area contributed by atoms with Crippen molar-refractivity contribution in [2.45, 2.75) is 46.3 Å². The average Bonchev–Trinajstić information content (AvgIpc) is 2.45. The third kappa shape index (κ3) is 3.94. The van der Waals surface area contributed by atoms with E-state index in [4.69, 9.17) is 5.73 Å². The van der Waals surface area contributed by atoms with E-state index in [9.17, 15) is 0 Å². The lowest BCUT2D eigenvalue weighted by atomic mass is 10.3. The van der Waals surface area contributed by atoms with Gasteiger partial charge < -0.3 is 5.73 Å². The average molecular weight is 224 g/mol. The third-order valence-corrected chi connectivity index (χ3v) is 2.45. The first-order valence-electron chi connectivity index (χ1n) is 6.00. The van der Waals surface area contributed by atoms with Gasteiger partial charge >= 0.3 is 0 Å². The minimum Gasteiger partial charge on any atom is -0.327 e. The summed E-state index contributed by atoms with van der Waals surface area (Å²) >= 11 is 0. The zero-order valence-electron chi connectivity index (χ0n) is 10.9. The van der Waals surface area contributed by atoms with Crippen molar-refractivity contribution in [3.05, 3.63) is 17.5 Å². The lowest BCUT2D eigenvalue weighted by Gasteiger charge is -2.19. The van der Waals surface area contributed by atoms with Crippen LogP contribution in [0.15, 0.2) is 6.07 Å². The molecule has 0 bridgehead atoms. The number of aromatic nitrogens is 2. The van der Waals surface area contributed by atoms with Gasteiger partial charge in [0, 0.05) is 25.7 Å². The standard InChI is InChI=1S/C12H24N4/c1-5-6-16-12(7-11(3)14-16)9-15(4)8-10(2)13/h7,10H,5-6,8-9,13H2,1-4H3/t10-/m0/s1. The van der Waals surface area contributed by atoms with Crippen LogP contribution in [0.5, 0.6) is 0 Å². The van der Waals surface area contributed by atoms with E-state index < -0.39 is 0 Å². The number of likely N-dealkylation sites (N-methyl/N-ethyl adjacent to an activating group) is 1. The van der Waals surface area contributed by atoms with Gasteiger partial charge in [0.15, 0.2) is 0 Å². The maximum absolute atomic E-state index is 5.78. The van der Waals surface area contributed by atoms with Gasteiger partial charge in [0.25, 0.3) is 0 Å². The summed E-state index contributed by atoms with van der Waals surface area (Å²) in [5, 5.41) is 4.49. The molecule has 0 spiro atoms. The van der Waals surface area contributed by atoms with Crippen molar-refractivity contribution < 1.29 is 0 Å². The summed E-state index contributed by atoms with van der Waals surface area (Å²) in [7, 11) is 2.10. The first-order chi connectivity index (χ1) is 7.52. The monoisotopic (exact) mass is 224 g/mol. The largest absolute Gasteiger partial charge is 0.327 e. The first-order valence-corrected chi connectivity index (χ1v) is 6.00. The summed E-state index contributed by atoms with van der Waals surface area (Å²) in [6.45, 7) is 9.08. The zero-order chi connectivity index (χ0) is 12.1. The number of hydrogen-bond donors (Lipinski definition) is 1. The zero-order valence-corrected chi connectivity index (χ0v) is 10.9. The Morgan fingerprint density at radius 2 is 2.25 bits per heavy atom. The number of rotatable bonds is 6. The van der Waals surface area contributed by atoms with E-state index in [1.165, 1.54) is 5.69 Å². The number of nitrogens with two attached hydrogens (primary N) is 1. The van der Waals surface area contributed by atoms with Gasteiger partial charge in [-0.25, -0.2) is 0 Å². The van der Waals surface area contributed by atoms with Gasteiger partial charge in [0.2, 0.25) is 0 Å². The van der Waals surface area contributed by atoms with Crippen molar-refractivity contribution in [3.8, 4) is 0 Å². The molecule has 0 fully saturated rings. The fourth-order valence-electron chi connectivity index (χ4n) is 1.96. The fourth-order valence-corrected chi connectivity index (χ4v) is 1.96. The highest BCUT2D eigenvalue weighted by molar-refractivity contribution is 5.08. The summed E-state index contributed by atoms with van der Waals surface area (Å²) in [5.74, 6) is 0. The van der Waals surface area contributed by atoms with Gasteiger partial charge in [-0.15, -0.1) is 0 Å². The third-order valence-electron chi connectivity index (χ3n) is 2.45. The van der Waals surface area contributed by atoms with Crippen LogP contribution >= 0.6 is 0 Å². The van der Waals surface area contributed by atoms with Gasteiger partial charge in [-0.3, -0.25) is 9.58 Å².